The zero-order chi connectivity index (χ0) is 11.6. The molecule has 7 heteroatoms. The van der Waals surface area contributed by atoms with Gasteiger partial charge in [0.1, 0.15) is 0 Å². The minimum atomic E-state index is -4.87. The Balaban J connectivity index is 3.41. The van der Waals surface area contributed by atoms with Crippen LogP contribution in [0.5, 0.6) is 0 Å². The average Bonchev–Trinajstić information content (AvgIpc) is 2.15. The van der Waals surface area contributed by atoms with Gasteiger partial charge in [0.15, 0.2) is 0 Å². The zero-order valence-corrected chi connectivity index (χ0v) is 7.35. The quantitative estimate of drug-likeness (QED) is 0.787. The Kier molecular flexibility index (Phi) is 3.23. The molecule has 0 bridgehead atoms. The van der Waals surface area contributed by atoms with Gasteiger partial charge >= 0.3 is 6.18 Å². The van der Waals surface area contributed by atoms with E-state index in [9.17, 15) is 22.0 Å². The summed E-state index contributed by atoms with van der Waals surface area (Å²) in [6.45, 7) is -0.532. The lowest BCUT2D eigenvalue weighted by Crippen LogP contribution is -2.17. The van der Waals surface area contributed by atoms with Crippen LogP contribution < -0.4 is 5.73 Å². The van der Waals surface area contributed by atoms with Gasteiger partial charge in [-0.1, -0.05) is 0 Å². The van der Waals surface area contributed by atoms with Crippen molar-refractivity contribution in [2.75, 3.05) is 0 Å². The van der Waals surface area contributed by atoms with Gasteiger partial charge in [-0.2, -0.15) is 13.2 Å². The molecule has 0 unspecified atom stereocenters. The third-order valence-electron chi connectivity index (χ3n) is 1.77. The van der Waals surface area contributed by atoms with Gasteiger partial charge in [-0.3, -0.25) is 4.98 Å². The number of nitrogens with two attached hydrogens (primary N) is 1. The number of rotatable bonds is 2. The van der Waals surface area contributed by atoms with E-state index in [0.717, 1.165) is 6.20 Å². The minimum absolute atomic E-state index is 0.532. The van der Waals surface area contributed by atoms with Crippen LogP contribution in [0, 0.1) is 0 Å². The Morgan fingerprint density at radius 3 is 2.33 bits per heavy atom. The van der Waals surface area contributed by atoms with E-state index < -0.39 is 36.0 Å². The van der Waals surface area contributed by atoms with E-state index >= 15 is 0 Å². The van der Waals surface area contributed by atoms with E-state index in [1.807, 2.05) is 0 Å². The average molecular weight is 226 g/mol. The molecule has 0 saturated heterocycles. The summed E-state index contributed by atoms with van der Waals surface area (Å²) in [5.41, 5.74) is 1.93. The first-order valence-electron chi connectivity index (χ1n) is 3.91. The smallest absolute Gasteiger partial charge is 0.325 e. The molecule has 1 heterocycles. The van der Waals surface area contributed by atoms with Crippen molar-refractivity contribution in [3.05, 3.63) is 29.1 Å². The molecule has 0 saturated carbocycles. The van der Waals surface area contributed by atoms with Crippen molar-refractivity contribution in [1.29, 1.82) is 0 Å². The van der Waals surface area contributed by atoms with Crippen LogP contribution in [0.3, 0.4) is 0 Å². The van der Waals surface area contributed by atoms with Gasteiger partial charge < -0.3 is 5.73 Å². The molecule has 15 heavy (non-hydrogen) atoms. The molecule has 0 aliphatic carbocycles. The third kappa shape index (κ3) is 2.41. The van der Waals surface area contributed by atoms with Crippen LogP contribution in [0.25, 0.3) is 0 Å². The fourth-order valence-corrected chi connectivity index (χ4v) is 1.19. The molecule has 0 atom stereocenters. The summed E-state index contributed by atoms with van der Waals surface area (Å²) >= 11 is 0. The molecule has 1 aromatic rings. The van der Waals surface area contributed by atoms with Gasteiger partial charge in [0.05, 0.1) is 11.3 Å². The highest BCUT2D eigenvalue weighted by Gasteiger charge is 2.38. The SMILES string of the molecule is NCc1nccc(C(F)F)c1C(F)(F)F. The van der Waals surface area contributed by atoms with Crippen molar-refractivity contribution in [3.63, 3.8) is 0 Å². The summed E-state index contributed by atoms with van der Waals surface area (Å²) in [5, 5.41) is 0. The van der Waals surface area contributed by atoms with Crippen LogP contribution in [0.1, 0.15) is 23.2 Å². The normalized spacial score (nSPS) is 12.2. The molecule has 0 spiro atoms. The first-order valence-corrected chi connectivity index (χ1v) is 3.91. The van der Waals surface area contributed by atoms with E-state index in [1.165, 1.54) is 0 Å². The van der Waals surface area contributed by atoms with Crippen LogP contribution in [-0.4, -0.2) is 4.98 Å². The fourth-order valence-electron chi connectivity index (χ4n) is 1.19. The lowest BCUT2D eigenvalue weighted by molar-refractivity contribution is -0.140. The molecular weight excluding hydrogens is 219 g/mol. The van der Waals surface area contributed by atoms with Crippen molar-refractivity contribution in [2.24, 2.45) is 5.73 Å². The van der Waals surface area contributed by atoms with Gasteiger partial charge in [0, 0.05) is 18.3 Å². The molecule has 2 N–H and O–H groups in total. The van der Waals surface area contributed by atoms with Crippen molar-refractivity contribution in [3.8, 4) is 0 Å². The molecule has 0 aliphatic rings. The summed E-state index contributed by atoms with van der Waals surface area (Å²) in [7, 11) is 0. The van der Waals surface area contributed by atoms with Crippen molar-refractivity contribution >= 4 is 0 Å². The van der Waals surface area contributed by atoms with Gasteiger partial charge in [0.25, 0.3) is 6.43 Å². The summed E-state index contributed by atoms with van der Waals surface area (Å²) in [5.74, 6) is 0. The molecule has 1 aromatic heterocycles. The Labute approximate surface area is 81.9 Å². The second-order valence-corrected chi connectivity index (χ2v) is 2.72. The highest BCUT2D eigenvalue weighted by atomic mass is 19.4. The first kappa shape index (κ1) is 11.8. The molecule has 84 valence electrons. The van der Waals surface area contributed by atoms with Crippen molar-refractivity contribution in [1.82, 2.24) is 4.98 Å². The second kappa shape index (κ2) is 4.09. The number of alkyl halides is 5. The van der Waals surface area contributed by atoms with Crippen LogP contribution in [0.15, 0.2) is 12.3 Å². The minimum Gasteiger partial charge on any atom is -0.325 e. The van der Waals surface area contributed by atoms with Crippen molar-refractivity contribution < 1.29 is 22.0 Å². The molecule has 0 amide bonds. The number of hydrogen-bond donors (Lipinski definition) is 1. The lowest BCUT2D eigenvalue weighted by atomic mass is 10.1. The number of aromatic nitrogens is 1. The zero-order valence-electron chi connectivity index (χ0n) is 7.35. The summed E-state index contributed by atoms with van der Waals surface area (Å²) < 4.78 is 61.9. The van der Waals surface area contributed by atoms with E-state index in [-0.39, 0.29) is 0 Å². The van der Waals surface area contributed by atoms with Crippen molar-refractivity contribution in [2.45, 2.75) is 19.1 Å². The maximum Gasteiger partial charge on any atom is 0.418 e. The topological polar surface area (TPSA) is 38.9 Å². The van der Waals surface area contributed by atoms with E-state index in [4.69, 9.17) is 5.73 Å². The molecule has 1 rings (SSSR count). The van der Waals surface area contributed by atoms with Crippen LogP contribution in [-0.2, 0) is 12.7 Å². The lowest BCUT2D eigenvalue weighted by Gasteiger charge is -2.14. The van der Waals surface area contributed by atoms with Crippen LogP contribution in [0.4, 0.5) is 22.0 Å². The van der Waals surface area contributed by atoms with Crippen LogP contribution >= 0.6 is 0 Å². The maximum atomic E-state index is 12.4. The first-order chi connectivity index (χ1) is 6.88. The monoisotopic (exact) mass is 226 g/mol. The maximum absolute atomic E-state index is 12.4. The van der Waals surface area contributed by atoms with Gasteiger partial charge in [-0.05, 0) is 6.07 Å². The largest absolute Gasteiger partial charge is 0.418 e. The molecule has 0 aliphatic heterocycles. The second-order valence-electron chi connectivity index (χ2n) is 2.72. The highest BCUT2D eigenvalue weighted by molar-refractivity contribution is 5.33. The molecule has 0 radical (unpaired) electrons. The van der Waals surface area contributed by atoms with Gasteiger partial charge in [-0.15, -0.1) is 0 Å². The fraction of sp³-hybridized carbons (Fsp3) is 0.375. The van der Waals surface area contributed by atoms with E-state index in [0.29, 0.717) is 6.07 Å². The highest BCUT2D eigenvalue weighted by Crippen LogP contribution is 2.37. The number of nitrogens with zero attached hydrogens (tertiary/aromatic N) is 1. The van der Waals surface area contributed by atoms with Crippen LogP contribution in [0.2, 0.25) is 0 Å². The van der Waals surface area contributed by atoms with E-state index in [2.05, 4.69) is 4.98 Å². The number of halogens is 5. The Morgan fingerprint density at radius 1 is 1.33 bits per heavy atom. The molecule has 2 nitrogen and oxygen atoms in total. The predicted octanol–water partition coefficient (Wildman–Crippen LogP) is 2.50. The standard InChI is InChI=1S/C8H7F5N2/c9-7(10)4-1-2-15-5(3-14)6(4)8(11,12)13/h1-2,7H,3,14H2. The summed E-state index contributed by atoms with van der Waals surface area (Å²) in [6.07, 6.45) is -7.18. The Bertz CT molecular complexity index is 347. The Hall–Kier alpha value is -1.24. The molecular formula is C8H7F5N2. The summed E-state index contributed by atoms with van der Waals surface area (Å²) in [6, 6.07) is 0.645. The molecule has 0 aromatic carbocycles. The van der Waals surface area contributed by atoms with Gasteiger partial charge in [0.2, 0.25) is 0 Å². The van der Waals surface area contributed by atoms with E-state index in [1.54, 1.807) is 0 Å². The third-order valence-corrected chi connectivity index (χ3v) is 1.77. The molecule has 0 fully saturated rings. The number of hydrogen-bond acceptors (Lipinski definition) is 2. The van der Waals surface area contributed by atoms with Gasteiger partial charge in [-0.25, -0.2) is 8.78 Å². The number of pyridine rings is 1. The Morgan fingerprint density at radius 2 is 1.93 bits per heavy atom. The summed E-state index contributed by atoms with van der Waals surface area (Å²) in [4.78, 5) is 3.33. The predicted molar refractivity (Wildman–Crippen MR) is 42.1 cm³/mol.